The monoisotopic (exact) mass is 784 g/mol. The molecule has 2 aliphatic heterocycles. The normalized spacial score (nSPS) is 15.4. The zero-order valence-electron chi connectivity index (χ0n) is 35.1. The number of carboxylic acid groups (broad SMARTS) is 1. The quantitative estimate of drug-likeness (QED) is 0.0819. The minimum Gasteiger partial charge on any atom is -0.481 e. The molecule has 0 saturated heterocycles. The number of H-pyrrole nitrogens is 2. The molecule has 0 aromatic carbocycles. The fraction of sp³-hybridized carbons (Fsp3) is 0.523. The number of aliphatic carboxylic acids is 1. The fourth-order valence-corrected chi connectivity index (χ4v) is 8.20. The van der Waals surface area contributed by atoms with Gasteiger partial charge in [-0.1, -0.05) is 20.8 Å². The Labute approximate surface area is 335 Å². The Balaban J connectivity index is 1.78. The molecule has 4 N–H and O–H groups in total. The van der Waals surface area contributed by atoms with Crippen molar-refractivity contribution in [2.45, 2.75) is 91.9 Å². The van der Waals surface area contributed by atoms with Gasteiger partial charge < -0.3 is 34.6 Å². The van der Waals surface area contributed by atoms with Crippen LogP contribution < -0.4 is 5.32 Å². The lowest BCUT2D eigenvalue weighted by molar-refractivity contribution is -0.140. The van der Waals surface area contributed by atoms with Gasteiger partial charge in [0.15, 0.2) is 0 Å². The summed E-state index contributed by atoms with van der Waals surface area (Å²) in [5, 5.41) is 13.0. The Morgan fingerprint density at radius 2 is 1.46 bits per heavy atom. The lowest BCUT2D eigenvalue weighted by atomic mass is 9.84. The van der Waals surface area contributed by atoms with Crippen LogP contribution in [0.1, 0.15) is 109 Å². The highest BCUT2D eigenvalue weighted by molar-refractivity contribution is 6.27. The number of carboxylic acids is 1. The van der Waals surface area contributed by atoms with E-state index in [1.807, 2.05) is 26.0 Å². The van der Waals surface area contributed by atoms with Crippen molar-refractivity contribution in [1.29, 1.82) is 0 Å². The standard InChI is InChI=1S/C44H60N6O7/c1-10-29-25(3)33-22-35-27(5)31(13-14-39(51)52)42(48-35)32(21-40(53)57-9)43-41(44(54)45-15-12-16-50(17-19-55-7)18-20-56-8)28(6)36(49-43)24-38-30(11-2)26(4)34(47-38)23-37(29)46-33/h22-24,27,31,46-47H,10-21H2,1-9H3,(H,45,54)(H,51,52). The Morgan fingerprint density at radius 3 is 2.04 bits per heavy atom. The van der Waals surface area contributed by atoms with Crippen LogP contribution in [0.3, 0.4) is 0 Å². The number of rotatable bonds is 18. The lowest BCUT2D eigenvalue weighted by Gasteiger charge is -2.21. The Morgan fingerprint density at radius 1 is 0.842 bits per heavy atom. The van der Waals surface area contributed by atoms with E-state index in [1.54, 1.807) is 14.2 Å². The van der Waals surface area contributed by atoms with E-state index in [0.717, 1.165) is 76.9 Å². The highest BCUT2D eigenvalue weighted by Gasteiger charge is 2.35. The van der Waals surface area contributed by atoms with E-state index in [4.69, 9.17) is 24.2 Å². The lowest BCUT2D eigenvalue weighted by Crippen LogP contribution is -2.34. The molecule has 2 aliphatic rings. The first-order valence-electron chi connectivity index (χ1n) is 20.1. The second kappa shape index (κ2) is 19.5. The van der Waals surface area contributed by atoms with Crippen LogP contribution in [0, 0.1) is 13.8 Å². The van der Waals surface area contributed by atoms with Crippen LogP contribution in [0.4, 0.5) is 0 Å². The van der Waals surface area contributed by atoms with Crippen molar-refractivity contribution >= 4 is 51.1 Å². The van der Waals surface area contributed by atoms with E-state index in [-0.39, 0.29) is 37.0 Å². The molecule has 0 fully saturated rings. The number of fused-ring (bicyclic) bond motifs is 8. The minimum atomic E-state index is -0.922. The summed E-state index contributed by atoms with van der Waals surface area (Å²) in [6, 6.07) is 6.20. The number of hydrogen-bond donors (Lipinski definition) is 4. The van der Waals surface area contributed by atoms with Gasteiger partial charge in [-0.05, 0) is 99.0 Å². The molecular weight excluding hydrogens is 725 g/mol. The summed E-state index contributed by atoms with van der Waals surface area (Å²) in [6.45, 7) is 16.2. The Bertz CT molecular complexity index is 2160. The smallest absolute Gasteiger partial charge is 0.310 e. The maximum Gasteiger partial charge on any atom is 0.310 e. The molecule has 0 aliphatic carbocycles. The van der Waals surface area contributed by atoms with Gasteiger partial charge in [0.25, 0.3) is 5.91 Å². The third-order valence-corrected chi connectivity index (χ3v) is 11.6. The number of nitrogens with zero attached hydrogens (tertiary/aromatic N) is 3. The predicted octanol–water partition coefficient (Wildman–Crippen LogP) is 6.56. The van der Waals surface area contributed by atoms with Gasteiger partial charge in [0.2, 0.25) is 0 Å². The summed E-state index contributed by atoms with van der Waals surface area (Å²) in [4.78, 5) is 59.7. The fourth-order valence-electron chi connectivity index (χ4n) is 8.20. The van der Waals surface area contributed by atoms with Gasteiger partial charge in [-0.15, -0.1) is 0 Å². The van der Waals surface area contributed by atoms with E-state index in [1.165, 1.54) is 12.7 Å². The molecule has 57 heavy (non-hydrogen) atoms. The molecule has 308 valence electrons. The van der Waals surface area contributed by atoms with Crippen LogP contribution in [0.2, 0.25) is 0 Å². The van der Waals surface area contributed by atoms with Gasteiger partial charge in [-0.25, -0.2) is 4.98 Å². The number of aromatic nitrogens is 4. The van der Waals surface area contributed by atoms with Crippen LogP contribution >= 0.6 is 0 Å². The van der Waals surface area contributed by atoms with E-state index in [0.29, 0.717) is 60.0 Å². The molecule has 8 bridgehead atoms. The van der Waals surface area contributed by atoms with Gasteiger partial charge in [0, 0.05) is 85.4 Å². The second-order valence-corrected chi connectivity index (χ2v) is 15.0. The van der Waals surface area contributed by atoms with Crippen LogP contribution in [-0.2, 0) is 47.9 Å². The number of amides is 1. The number of methoxy groups -OCH3 is 3. The first kappa shape index (κ1) is 43.3. The summed E-state index contributed by atoms with van der Waals surface area (Å²) in [6.07, 6.45) is 2.28. The summed E-state index contributed by atoms with van der Waals surface area (Å²) < 4.78 is 15.8. The zero-order valence-corrected chi connectivity index (χ0v) is 35.1. The van der Waals surface area contributed by atoms with Gasteiger partial charge >= 0.3 is 11.9 Å². The topological polar surface area (TPSA) is 172 Å². The maximum atomic E-state index is 14.5. The van der Waals surface area contributed by atoms with E-state index in [9.17, 15) is 19.5 Å². The van der Waals surface area contributed by atoms with Gasteiger partial charge in [-0.3, -0.25) is 24.3 Å². The van der Waals surface area contributed by atoms with Gasteiger partial charge in [-0.2, -0.15) is 0 Å². The number of hydrogen-bond acceptors (Lipinski definition) is 9. The van der Waals surface area contributed by atoms with E-state index < -0.39 is 11.9 Å². The highest BCUT2D eigenvalue weighted by Crippen LogP contribution is 2.44. The number of carbonyl (C=O) groups is 3. The van der Waals surface area contributed by atoms with Gasteiger partial charge in [0.05, 0.1) is 49.4 Å². The number of nitrogens with one attached hydrogen (secondary N) is 3. The first-order chi connectivity index (χ1) is 27.4. The highest BCUT2D eigenvalue weighted by atomic mass is 16.5. The molecule has 5 heterocycles. The van der Waals surface area contributed by atoms with E-state index in [2.05, 4.69) is 53.9 Å². The predicted molar refractivity (Wildman–Crippen MR) is 223 cm³/mol. The number of allylic oxidation sites excluding steroid dienone is 1. The maximum absolute atomic E-state index is 14.5. The molecule has 0 saturated carbocycles. The second-order valence-electron chi connectivity index (χ2n) is 15.0. The van der Waals surface area contributed by atoms with Crippen LogP contribution in [0.15, 0.2) is 18.2 Å². The van der Waals surface area contributed by atoms with Crippen molar-refractivity contribution < 1.29 is 33.7 Å². The van der Waals surface area contributed by atoms with Crippen molar-refractivity contribution in [3.05, 3.63) is 68.8 Å². The third-order valence-electron chi connectivity index (χ3n) is 11.6. The summed E-state index contributed by atoms with van der Waals surface area (Å²) in [5.74, 6) is -2.30. The molecule has 3 aromatic heterocycles. The van der Waals surface area contributed by atoms with Crippen molar-refractivity contribution in [3.8, 4) is 0 Å². The number of ether oxygens (including phenoxy) is 3. The SMILES string of the molecule is CCc1c(C)c2cc3[nH]c(cc4nc(c(CC(=O)OC)c5nc(cc1[nH]2)C(C)=C5C(=O)NCCCN(CCOC)CCOC)C(CCC(=O)O)C4C)c(C)c3CC. The molecule has 2 atom stereocenters. The number of esters is 1. The van der Waals surface area contributed by atoms with Crippen LogP contribution in [0.5, 0.6) is 0 Å². The molecule has 2 unspecified atom stereocenters. The molecule has 3 aromatic rings. The van der Waals surface area contributed by atoms with Crippen LogP contribution in [-0.4, -0.2) is 109 Å². The molecule has 0 spiro atoms. The minimum absolute atomic E-state index is 0.0901. The summed E-state index contributed by atoms with van der Waals surface area (Å²) in [7, 11) is 4.68. The first-order valence-corrected chi connectivity index (χ1v) is 20.1. The summed E-state index contributed by atoms with van der Waals surface area (Å²) in [5.41, 5.74) is 12.1. The molecule has 0 radical (unpaired) electrons. The largest absolute Gasteiger partial charge is 0.481 e. The molecule has 5 rings (SSSR count). The molecule has 13 heteroatoms. The Hall–Kier alpha value is -4.85. The summed E-state index contributed by atoms with van der Waals surface area (Å²) >= 11 is 0. The van der Waals surface area contributed by atoms with Crippen molar-refractivity contribution in [3.63, 3.8) is 0 Å². The van der Waals surface area contributed by atoms with Crippen LogP contribution in [0.25, 0.3) is 33.2 Å². The number of carbonyl (C=O) groups excluding carboxylic acids is 2. The average molecular weight is 785 g/mol. The van der Waals surface area contributed by atoms with Crippen molar-refractivity contribution in [2.24, 2.45) is 0 Å². The zero-order chi connectivity index (χ0) is 41.4. The van der Waals surface area contributed by atoms with Crippen molar-refractivity contribution in [1.82, 2.24) is 30.2 Å². The molecule has 1 amide bonds. The molecule has 13 nitrogen and oxygen atoms in total. The number of aromatic amines is 2. The number of aryl methyl sites for hydroxylation is 4. The van der Waals surface area contributed by atoms with Crippen molar-refractivity contribution in [2.75, 3.05) is 60.7 Å². The average Bonchev–Trinajstić information content (AvgIpc) is 3.87. The van der Waals surface area contributed by atoms with Gasteiger partial charge in [0.1, 0.15) is 0 Å². The van der Waals surface area contributed by atoms with E-state index >= 15 is 0 Å². The third kappa shape index (κ3) is 9.65. The Kier molecular flexibility index (Phi) is 14.8. The molecular formula is C44H60N6O7.